The van der Waals surface area contributed by atoms with E-state index >= 15 is 0 Å². The van der Waals surface area contributed by atoms with Gasteiger partial charge in [0.25, 0.3) is 0 Å². The maximum atomic E-state index is 5.09. The largest absolute Gasteiger partial charge is 0.340 e. The second-order valence-electron chi connectivity index (χ2n) is 9.08. The lowest BCUT2D eigenvalue weighted by molar-refractivity contribution is 0.439. The van der Waals surface area contributed by atoms with Gasteiger partial charge in [0.05, 0.1) is 17.1 Å². The fourth-order valence-electron chi connectivity index (χ4n) is 5.11. The maximum absolute atomic E-state index is 5.09. The molecule has 1 saturated carbocycles. The molecule has 5 rings (SSSR count). The van der Waals surface area contributed by atoms with E-state index in [9.17, 15) is 0 Å². The van der Waals surface area contributed by atoms with Gasteiger partial charge in [-0.25, -0.2) is 9.50 Å². The molecule has 3 aromatic rings. The fourth-order valence-corrected chi connectivity index (χ4v) is 5.11. The molecule has 0 atom stereocenters. The summed E-state index contributed by atoms with van der Waals surface area (Å²) in [6.07, 6.45) is 10.8. The van der Waals surface area contributed by atoms with Crippen LogP contribution in [-0.2, 0) is 19.9 Å². The Labute approximate surface area is 178 Å². The second-order valence-corrected chi connectivity index (χ2v) is 9.08. The monoisotopic (exact) mass is 407 g/mol. The summed E-state index contributed by atoms with van der Waals surface area (Å²) in [7, 11) is 2.02. The molecule has 2 fully saturated rings. The minimum absolute atomic E-state index is 0.614. The molecule has 7 nitrogen and oxygen atoms in total. The van der Waals surface area contributed by atoms with E-state index in [4.69, 9.17) is 15.1 Å². The van der Waals surface area contributed by atoms with E-state index in [-0.39, 0.29) is 0 Å². The zero-order valence-electron chi connectivity index (χ0n) is 18.6. The van der Waals surface area contributed by atoms with Crippen LogP contribution in [0.4, 0.5) is 5.95 Å². The predicted molar refractivity (Wildman–Crippen MR) is 118 cm³/mol. The molecule has 1 saturated heterocycles. The van der Waals surface area contributed by atoms with E-state index < -0.39 is 0 Å². The van der Waals surface area contributed by atoms with Crippen molar-refractivity contribution in [1.82, 2.24) is 29.4 Å². The first-order valence-electron chi connectivity index (χ1n) is 11.6. The highest BCUT2D eigenvalue weighted by Crippen LogP contribution is 2.35. The highest BCUT2D eigenvalue weighted by molar-refractivity contribution is 5.46. The summed E-state index contributed by atoms with van der Waals surface area (Å²) in [4.78, 5) is 11.9. The van der Waals surface area contributed by atoms with Gasteiger partial charge in [0.15, 0.2) is 5.65 Å². The molecule has 1 aliphatic heterocycles. The van der Waals surface area contributed by atoms with Crippen molar-refractivity contribution in [2.75, 3.05) is 18.0 Å². The molecule has 0 spiro atoms. The molecule has 1 aliphatic carbocycles. The summed E-state index contributed by atoms with van der Waals surface area (Å²) in [5, 5.41) is 9.77. The average molecular weight is 408 g/mol. The second kappa shape index (κ2) is 8.00. The van der Waals surface area contributed by atoms with Gasteiger partial charge in [-0.05, 0) is 63.5 Å². The van der Waals surface area contributed by atoms with Gasteiger partial charge in [-0.3, -0.25) is 4.68 Å². The summed E-state index contributed by atoms with van der Waals surface area (Å²) in [6, 6.07) is 2.31. The molecule has 3 aromatic heterocycles. The van der Waals surface area contributed by atoms with Crippen LogP contribution in [0.1, 0.15) is 79.3 Å². The molecule has 7 heteroatoms. The van der Waals surface area contributed by atoms with Gasteiger partial charge in [0.2, 0.25) is 5.95 Å². The molecule has 0 bridgehead atoms. The molecule has 0 N–H and O–H groups in total. The van der Waals surface area contributed by atoms with Gasteiger partial charge in [0.1, 0.15) is 5.82 Å². The van der Waals surface area contributed by atoms with Crippen molar-refractivity contribution < 1.29 is 0 Å². The van der Waals surface area contributed by atoms with Gasteiger partial charge in [0, 0.05) is 26.6 Å². The van der Waals surface area contributed by atoms with Crippen LogP contribution < -0.4 is 4.90 Å². The Hall–Kier alpha value is -2.44. The summed E-state index contributed by atoms with van der Waals surface area (Å²) in [5.41, 5.74) is 5.81. The van der Waals surface area contributed by atoms with Gasteiger partial charge in [-0.1, -0.05) is 19.3 Å². The summed E-state index contributed by atoms with van der Waals surface area (Å²) < 4.78 is 3.99. The van der Waals surface area contributed by atoms with E-state index in [1.165, 1.54) is 56.2 Å². The number of hydrogen-bond acceptors (Lipinski definition) is 5. The Bertz CT molecular complexity index is 1040. The van der Waals surface area contributed by atoms with E-state index in [2.05, 4.69) is 29.9 Å². The Morgan fingerprint density at radius 1 is 0.933 bits per heavy atom. The Morgan fingerprint density at radius 2 is 1.70 bits per heavy atom. The smallest absolute Gasteiger partial charge is 0.244 e. The summed E-state index contributed by atoms with van der Waals surface area (Å²) in [5.74, 6) is 2.55. The molecule has 0 amide bonds. The van der Waals surface area contributed by atoms with Crippen LogP contribution in [0.2, 0.25) is 0 Å². The van der Waals surface area contributed by atoms with Gasteiger partial charge in [-0.2, -0.15) is 10.1 Å². The quantitative estimate of drug-likeness (QED) is 0.642. The van der Waals surface area contributed by atoms with Crippen molar-refractivity contribution in [1.29, 1.82) is 0 Å². The third kappa shape index (κ3) is 3.59. The molecule has 2 aliphatic rings. The van der Waals surface area contributed by atoms with Crippen LogP contribution in [-0.4, -0.2) is 42.5 Å². The SMILES string of the molecule is Cc1nc2cc(C3CCCCC3)c(CCc3nc(N4CCCC4)nn3C)nn2c1C. The first kappa shape index (κ1) is 19.5. The van der Waals surface area contributed by atoms with E-state index in [0.29, 0.717) is 5.92 Å². The van der Waals surface area contributed by atoms with Gasteiger partial charge in [-0.15, -0.1) is 5.10 Å². The van der Waals surface area contributed by atoms with E-state index in [0.717, 1.165) is 54.7 Å². The van der Waals surface area contributed by atoms with E-state index in [1.807, 2.05) is 16.2 Å². The standard InChI is InChI=1S/C23H33N7/c1-16-17(2)30-22(24-16)15-19(18-9-5-4-6-10-18)20(26-30)11-12-21-25-23(27-28(21)3)29-13-7-8-14-29/h15,18H,4-14H2,1-3H3. The highest BCUT2D eigenvalue weighted by atomic mass is 15.4. The van der Waals surface area contributed by atoms with Crippen molar-refractivity contribution in [2.24, 2.45) is 7.05 Å². The number of anilines is 1. The van der Waals surface area contributed by atoms with Crippen molar-refractivity contribution in [3.05, 3.63) is 34.5 Å². The van der Waals surface area contributed by atoms with Crippen LogP contribution >= 0.6 is 0 Å². The lowest BCUT2D eigenvalue weighted by Gasteiger charge is -2.24. The first-order chi connectivity index (χ1) is 14.6. The third-order valence-corrected chi connectivity index (χ3v) is 7.04. The van der Waals surface area contributed by atoms with Crippen molar-refractivity contribution in [2.45, 2.75) is 77.6 Å². The summed E-state index contributed by atoms with van der Waals surface area (Å²) in [6.45, 7) is 6.33. The number of aryl methyl sites for hydroxylation is 5. The maximum Gasteiger partial charge on any atom is 0.244 e. The predicted octanol–water partition coefficient (Wildman–Crippen LogP) is 3.91. The molecule has 0 unspecified atom stereocenters. The first-order valence-corrected chi connectivity index (χ1v) is 11.6. The van der Waals surface area contributed by atoms with Gasteiger partial charge >= 0.3 is 0 Å². The van der Waals surface area contributed by atoms with Crippen LogP contribution in [0.5, 0.6) is 0 Å². The molecule has 0 radical (unpaired) electrons. The molecular formula is C23H33N7. The van der Waals surface area contributed by atoms with Crippen LogP contribution in [0.25, 0.3) is 5.65 Å². The van der Waals surface area contributed by atoms with Gasteiger partial charge < -0.3 is 4.90 Å². The topological polar surface area (TPSA) is 64.1 Å². The van der Waals surface area contributed by atoms with Crippen LogP contribution in [0.3, 0.4) is 0 Å². The Balaban J connectivity index is 1.44. The normalized spacial score (nSPS) is 18.0. The lowest BCUT2D eigenvalue weighted by atomic mass is 9.83. The number of imidazole rings is 1. The number of fused-ring (bicyclic) bond motifs is 1. The lowest BCUT2D eigenvalue weighted by Crippen LogP contribution is -2.19. The van der Waals surface area contributed by atoms with Crippen molar-refractivity contribution in [3.63, 3.8) is 0 Å². The van der Waals surface area contributed by atoms with E-state index in [1.54, 1.807) is 0 Å². The van der Waals surface area contributed by atoms with Crippen LogP contribution in [0.15, 0.2) is 6.07 Å². The van der Waals surface area contributed by atoms with Crippen LogP contribution in [0, 0.1) is 13.8 Å². The third-order valence-electron chi connectivity index (χ3n) is 7.04. The molecule has 4 heterocycles. The average Bonchev–Trinajstić information content (AvgIpc) is 3.47. The fraction of sp³-hybridized carbons (Fsp3) is 0.652. The number of nitrogens with zero attached hydrogens (tertiary/aromatic N) is 7. The zero-order valence-corrected chi connectivity index (χ0v) is 18.6. The Kier molecular flexibility index (Phi) is 5.21. The Morgan fingerprint density at radius 3 is 2.47 bits per heavy atom. The highest BCUT2D eigenvalue weighted by Gasteiger charge is 2.23. The number of aromatic nitrogens is 6. The molecule has 30 heavy (non-hydrogen) atoms. The summed E-state index contributed by atoms with van der Waals surface area (Å²) >= 11 is 0. The van der Waals surface area contributed by atoms with Crippen molar-refractivity contribution in [3.8, 4) is 0 Å². The molecule has 0 aromatic carbocycles. The molecule has 160 valence electrons. The zero-order chi connectivity index (χ0) is 20.7. The minimum atomic E-state index is 0.614. The number of hydrogen-bond donors (Lipinski definition) is 0. The number of rotatable bonds is 5. The van der Waals surface area contributed by atoms with Crippen molar-refractivity contribution >= 4 is 11.6 Å². The minimum Gasteiger partial charge on any atom is -0.340 e. The molecular weight excluding hydrogens is 374 g/mol.